The van der Waals surface area contributed by atoms with Crippen LogP contribution in [0.1, 0.15) is 59.3 Å². The Morgan fingerprint density at radius 3 is 2.82 bits per heavy atom. The standard InChI is InChI=1S/C20H28O2/c1-19(2)8-4-9-20(3)16-11-17(21)14-7-10-22-12-15(14)13(16)5-6-18(19)20/h7,12-13,16,18H,4-6,8-11H2,1-3H3. The molecular weight excluding hydrogens is 272 g/mol. The summed E-state index contributed by atoms with van der Waals surface area (Å²) in [6.45, 7) is 7.96. The molecule has 3 saturated carbocycles. The number of carbonyl (C=O) groups excluding carboxylic acids is 1. The molecule has 0 amide bonds. The van der Waals surface area contributed by atoms with Crippen LogP contribution >= 0.6 is 0 Å². The lowest BCUT2D eigenvalue weighted by Gasteiger charge is -2.60. The summed E-state index contributed by atoms with van der Waals surface area (Å²) in [6.07, 6.45) is 11.2. The first-order chi connectivity index (χ1) is 10.4. The van der Waals surface area contributed by atoms with Crippen molar-refractivity contribution in [2.24, 2.45) is 28.6 Å². The summed E-state index contributed by atoms with van der Waals surface area (Å²) >= 11 is 0. The summed E-state index contributed by atoms with van der Waals surface area (Å²) in [4.78, 5) is 12.7. The SMILES string of the molecule is CC1(C)CCCC2(C)C3CC(=O)C4=CCOC=C4C3CCC12. The Hall–Kier alpha value is -1.05. The van der Waals surface area contributed by atoms with Gasteiger partial charge in [0.2, 0.25) is 0 Å². The molecule has 0 bridgehead atoms. The van der Waals surface area contributed by atoms with Crippen molar-refractivity contribution < 1.29 is 9.53 Å². The molecule has 0 N–H and O–H groups in total. The van der Waals surface area contributed by atoms with E-state index in [9.17, 15) is 4.79 Å². The number of fused-ring (bicyclic) bond motifs is 5. The highest BCUT2D eigenvalue weighted by Gasteiger charge is 2.57. The number of allylic oxidation sites excluding steroid dienone is 2. The molecule has 4 unspecified atom stereocenters. The van der Waals surface area contributed by atoms with Crippen molar-refractivity contribution in [3.63, 3.8) is 0 Å². The number of ketones is 1. The normalized spacial score (nSPS) is 43.0. The van der Waals surface area contributed by atoms with Crippen molar-refractivity contribution in [3.05, 3.63) is 23.5 Å². The van der Waals surface area contributed by atoms with Gasteiger partial charge in [-0.1, -0.05) is 27.2 Å². The second-order valence-electron chi connectivity index (χ2n) is 8.84. The molecule has 0 aromatic rings. The molecule has 4 rings (SSSR count). The fraction of sp³-hybridized carbons (Fsp3) is 0.750. The van der Waals surface area contributed by atoms with Gasteiger partial charge >= 0.3 is 0 Å². The van der Waals surface area contributed by atoms with E-state index in [4.69, 9.17) is 4.74 Å². The maximum absolute atomic E-state index is 12.7. The molecule has 4 atom stereocenters. The van der Waals surface area contributed by atoms with E-state index in [0.717, 1.165) is 17.9 Å². The molecule has 0 aromatic carbocycles. The highest BCUT2D eigenvalue weighted by Crippen LogP contribution is 2.64. The first-order valence-electron chi connectivity index (χ1n) is 8.99. The molecule has 1 aliphatic heterocycles. The van der Waals surface area contributed by atoms with Crippen LogP contribution in [0.2, 0.25) is 0 Å². The van der Waals surface area contributed by atoms with Crippen LogP contribution < -0.4 is 0 Å². The van der Waals surface area contributed by atoms with E-state index in [0.29, 0.717) is 35.1 Å². The third-order valence-corrected chi connectivity index (χ3v) is 7.39. The van der Waals surface area contributed by atoms with Crippen molar-refractivity contribution in [1.29, 1.82) is 0 Å². The van der Waals surface area contributed by atoms with E-state index < -0.39 is 0 Å². The number of hydrogen-bond donors (Lipinski definition) is 0. The minimum Gasteiger partial charge on any atom is -0.497 e. The van der Waals surface area contributed by atoms with Crippen molar-refractivity contribution in [3.8, 4) is 0 Å². The predicted molar refractivity (Wildman–Crippen MR) is 87.2 cm³/mol. The molecule has 2 heteroatoms. The van der Waals surface area contributed by atoms with E-state index in [1.54, 1.807) is 0 Å². The maximum Gasteiger partial charge on any atom is 0.163 e. The summed E-state index contributed by atoms with van der Waals surface area (Å²) in [5.74, 6) is 2.18. The summed E-state index contributed by atoms with van der Waals surface area (Å²) < 4.78 is 5.56. The zero-order valence-corrected chi connectivity index (χ0v) is 14.2. The lowest BCUT2D eigenvalue weighted by atomic mass is 9.44. The van der Waals surface area contributed by atoms with Gasteiger partial charge in [-0.2, -0.15) is 0 Å². The number of Topliss-reactive ketones (excluding diaryl/α,β-unsaturated/α-hetero) is 1. The average Bonchev–Trinajstić information content (AvgIpc) is 2.47. The molecule has 0 saturated heterocycles. The third kappa shape index (κ3) is 1.88. The van der Waals surface area contributed by atoms with Crippen molar-refractivity contribution in [2.45, 2.75) is 59.3 Å². The van der Waals surface area contributed by atoms with E-state index in [2.05, 4.69) is 20.8 Å². The third-order valence-electron chi connectivity index (χ3n) is 7.39. The lowest BCUT2D eigenvalue weighted by molar-refractivity contribution is -0.129. The molecule has 2 nitrogen and oxygen atoms in total. The lowest BCUT2D eigenvalue weighted by Crippen LogP contribution is -2.54. The number of ether oxygens (including phenoxy) is 1. The number of carbonyl (C=O) groups is 1. The Morgan fingerprint density at radius 2 is 2.00 bits per heavy atom. The molecule has 1 heterocycles. The van der Waals surface area contributed by atoms with Gasteiger partial charge in [0.15, 0.2) is 5.78 Å². The summed E-state index contributed by atoms with van der Waals surface area (Å²) in [6, 6.07) is 0. The van der Waals surface area contributed by atoms with Crippen LogP contribution in [0.4, 0.5) is 0 Å². The van der Waals surface area contributed by atoms with Crippen LogP contribution in [0.3, 0.4) is 0 Å². The van der Waals surface area contributed by atoms with Gasteiger partial charge in [-0.3, -0.25) is 4.79 Å². The summed E-state index contributed by atoms with van der Waals surface area (Å²) in [5, 5.41) is 0. The first kappa shape index (κ1) is 14.5. The predicted octanol–water partition coefficient (Wildman–Crippen LogP) is 4.66. The topological polar surface area (TPSA) is 26.3 Å². The van der Waals surface area contributed by atoms with Crippen molar-refractivity contribution >= 4 is 5.78 Å². The molecule has 3 aliphatic carbocycles. The second-order valence-corrected chi connectivity index (χ2v) is 8.84. The van der Waals surface area contributed by atoms with Gasteiger partial charge in [-0.25, -0.2) is 0 Å². The molecule has 3 fully saturated rings. The zero-order chi connectivity index (χ0) is 15.5. The summed E-state index contributed by atoms with van der Waals surface area (Å²) in [7, 11) is 0. The molecule has 22 heavy (non-hydrogen) atoms. The molecule has 4 aliphatic rings. The van der Waals surface area contributed by atoms with Gasteiger partial charge in [-0.15, -0.1) is 0 Å². The Kier molecular flexibility index (Phi) is 3.12. The highest BCUT2D eigenvalue weighted by atomic mass is 16.5. The van der Waals surface area contributed by atoms with Crippen LogP contribution in [-0.2, 0) is 9.53 Å². The molecule has 120 valence electrons. The number of hydrogen-bond acceptors (Lipinski definition) is 2. The summed E-state index contributed by atoms with van der Waals surface area (Å²) in [5.41, 5.74) is 2.94. The highest BCUT2D eigenvalue weighted by molar-refractivity contribution is 6.01. The number of rotatable bonds is 0. The van der Waals surface area contributed by atoms with Crippen LogP contribution in [0.25, 0.3) is 0 Å². The smallest absolute Gasteiger partial charge is 0.163 e. The zero-order valence-electron chi connectivity index (χ0n) is 14.2. The van der Waals surface area contributed by atoms with E-state index in [-0.39, 0.29) is 0 Å². The Morgan fingerprint density at radius 1 is 1.18 bits per heavy atom. The second kappa shape index (κ2) is 4.72. The maximum atomic E-state index is 12.7. The van der Waals surface area contributed by atoms with Gasteiger partial charge < -0.3 is 4.74 Å². The largest absolute Gasteiger partial charge is 0.497 e. The van der Waals surface area contributed by atoms with Crippen LogP contribution in [0, 0.1) is 28.6 Å². The van der Waals surface area contributed by atoms with Crippen LogP contribution in [0.15, 0.2) is 23.5 Å². The Labute approximate surface area is 134 Å². The van der Waals surface area contributed by atoms with Crippen molar-refractivity contribution in [1.82, 2.24) is 0 Å². The van der Waals surface area contributed by atoms with Gasteiger partial charge in [-0.05, 0) is 60.3 Å². The van der Waals surface area contributed by atoms with E-state index in [1.165, 1.54) is 37.7 Å². The van der Waals surface area contributed by atoms with E-state index >= 15 is 0 Å². The molecule has 0 aromatic heterocycles. The van der Waals surface area contributed by atoms with Gasteiger partial charge in [0.05, 0.1) is 6.26 Å². The van der Waals surface area contributed by atoms with Crippen LogP contribution in [-0.4, -0.2) is 12.4 Å². The fourth-order valence-electron chi connectivity index (χ4n) is 6.41. The fourth-order valence-corrected chi connectivity index (χ4v) is 6.41. The van der Waals surface area contributed by atoms with Crippen molar-refractivity contribution in [2.75, 3.05) is 6.61 Å². The average molecular weight is 300 g/mol. The molecular formula is C20H28O2. The Bertz CT molecular complexity index is 568. The molecule has 0 spiro atoms. The van der Waals surface area contributed by atoms with Gasteiger partial charge in [0, 0.05) is 17.6 Å². The van der Waals surface area contributed by atoms with Gasteiger partial charge in [0.25, 0.3) is 0 Å². The Balaban J connectivity index is 1.74. The van der Waals surface area contributed by atoms with Crippen LogP contribution in [0.5, 0.6) is 0 Å². The quantitative estimate of drug-likeness (QED) is 0.650. The monoisotopic (exact) mass is 300 g/mol. The minimum atomic E-state index is 0.324. The first-order valence-corrected chi connectivity index (χ1v) is 8.99. The van der Waals surface area contributed by atoms with E-state index in [1.807, 2.05) is 12.3 Å². The molecule has 0 radical (unpaired) electrons. The van der Waals surface area contributed by atoms with Gasteiger partial charge in [0.1, 0.15) is 6.61 Å². The minimum absolute atomic E-state index is 0.324.